The fourth-order valence-corrected chi connectivity index (χ4v) is 1.24. The molecule has 1 aliphatic rings. The molecule has 1 N–H and O–H groups in total. The summed E-state index contributed by atoms with van der Waals surface area (Å²) in [7, 11) is 0. The Hall–Kier alpha value is -0.0800. The third kappa shape index (κ3) is 7.03. The molecule has 78 valence electrons. The Kier molecular flexibility index (Phi) is 5.40. The first-order valence-electron chi connectivity index (χ1n) is 5.60. The Labute approximate surface area is 82.0 Å². The van der Waals surface area contributed by atoms with Gasteiger partial charge in [0.1, 0.15) is 0 Å². The molecule has 2 nitrogen and oxygen atoms in total. The molecule has 0 unspecified atom stereocenters. The van der Waals surface area contributed by atoms with Crippen molar-refractivity contribution in [1.29, 1.82) is 0 Å². The summed E-state index contributed by atoms with van der Waals surface area (Å²) in [6.07, 6.45) is 5.24. The van der Waals surface area contributed by atoms with E-state index in [4.69, 9.17) is 4.74 Å². The minimum atomic E-state index is 0.671. The average molecular weight is 185 g/mol. The van der Waals surface area contributed by atoms with Gasteiger partial charge in [-0.05, 0) is 38.1 Å². The van der Waals surface area contributed by atoms with Crippen LogP contribution >= 0.6 is 0 Å². The maximum atomic E-state index is 5.49. The van der Waals surface area contributed by atoms with E-state index in [-0.39, 0.29) is 0 Å². The molecule has 0 aromatic carbocycles. The van der Waals surface area contributed by atoms with Crippen LogP contribution in [0.5, 0.6) is 0 Å². The Morgan fingerprint density at radius 2 is 2.08 bits per heavy atom. The van der Waals surface area contributed by atoms with E-state index in [2.05, 4.69) is 19.2 Å². The second-order valence-corrected chi connectivity index (χ2v) is 4.40. The van der Waals surface area contributed by atoms with Crippen LogP contribution in [0.2, 0.25) is 0 Å². The lowest BCUT2D eigenvalue weighted by molar-refractivity contribution is 0.107. The molecule has 0 aromatic heterocycles. The van der Waals surface area contributed by atoms with Crippen molar-refractivity contribution < 1.29 is 4.74 Å². The molecule has 1 aliphatic carbocycles. The lowest BCUT2D eigenvalue weighted by Gasteiger charge is -2.06. The Morgan fingerprint density at radius 3 is 2.69 bits per heavy atom. The number of ether oxygens (including phenoxy) is 1. The van der Waals surface area contributed by atoms with Gasteiger partial charge in [0.25, 0.3) is 0 Å². The van der Waals surface area contributed by atoms with Crippen molar-refractivity contribution in [1.82, 2.24) is 5.32 Å². The fourth-order valence-electron chi connectivity index (χ4n) is 1.24. The van der Waals surface area contributed by atoms with Gasteiger partial charge in [0.15, 0.2) is 0 Å². The van der Waals surface area contributed by atoms with Crippen molar-refractivity contribution in [3.8, 4) is 0 Å². The van der Waals surface area contributed by atoms with E-state index < -0.39 is 0 Å². The topological polar surface area (TPSA) is 21.3 Å². The first-order valence-corrected chi connectivity index (χ1v) is 5.60. The Morgan fingerprint density at radius 1 is 1.31 bits per heavy atom. The summed E-state index contributed by atoms with van der Waals surface area (Å²) >= 11 is 0. The molecular formula is C11H23NO. The van der Waals surface area contributed by atoms with Crippen LogP contribution in [0.1, 0.15) is 39.5 Å². The predicted octanol–water partition coefficient (Wildman–Crippen LogP) is 2.19. The van der Waals surface area contributed by atoms with Gasteiger partial charge in [-0.2, -0.15) is 0 Å². The van der Waals surface area contributed by atoms with Crippen LogP contribution in [0.3, 0.4) is 0 Å². The highest BCUT2D eigenvalue weighted by molar-refractivity contribution is 4.80. The molecule has 13 heavy (non-hydrogen) atoms. The molecule has 0 spiro atoms. The molecule has 0 saturated heterocycles. The minimum absolute atomic E-state index is 0.671. The normalized spacial score (nSPS) is 16.8. The number of rotatable bonds is 8. The smallest absolute Gasteiger partial charge is 0.0488 e. The summed E-state index contributed by atoms with van der Waals surface area (Å²) in [5.74, 6) is 0.671. The van der Waals surface area contributed by atoms with Crippen LogP contribution in [0, 0.1) is 5.92 Å². The molecule has 1 fully saturated rings. The van der Waals surface area contributed by atoms with Gasteiger partial charge >= 0.3 is 0 Å². The number of hydrogen-bond acceptors (Lipinski definition) is 2. The van der Waals surface area contributed by atoms with Crippen molar-refractivity contribution in [3.05, 3.63) is 0 Å². The third-order valence-electron chi connectivity index (χ3n) is 2.18. The van der Waals surface area contributed by atoms with E-state index in [9.17, 15) is 0 Å². The summed E-state index contributed by atoms with van der Waals surface area (Å²) in [5, 5.41) is 3.50. The van der Waals surface area contributed by atoms with Gasteiger partial charge in [0.2, 0.25) is 0 Å². The predicted molar refractivity (Wildman–Crippen MR) is 55.9 cm³/mol. The molecule has 1 rings (SSSR count). The summed E-state index contributed by atoms with van der Waals surface area (Å²) in [6, 6.07) is 0.858. The molecule has 0 atom stereocenters. The lowest BCUT2D eigenvalue weighted by atomic mass is 10.2. The molecule has 0 heterocycles. The molecular weight excluding hydrogens is 162 g/mol. The largest absolute Gasteiger partial charge is 0.381 e. The van der Waals surface area contributed by atoms with Gasteiger partial charge in [-0.25, -0.2) is 0 Å². The zero-order chi connectivity index (χ0) is 9.52. The van der Waals surface area contributed by atoms with E-state index in [0.717, 1.165) is 19.3 Å². The average Bonchev–Trinajstić information content (AvgIpc) is 2.86. The zero-order valence-corrected chi connectivity index (χ0v) is 9.01. The quantitative estimate of drug-likeness (QED) is 0.585. The zero-order valence-electron chi connectivity index (χ0n) is 9.01. The first-order chi connectivity index (χ1) is 6.29. The Bertz CT molecular complexity index is 115. The fraction of sp³-hybridized carbons (Fsp3) is 1.00. The van der Waals surface area contributed by atoms with E-state index in [1.807, 2.05) is 0 Å². The van der Waals surface area contributed by atoms with Crippen molar-refractivity contribution in [3.63, 3.8) is 0 Å². The van der Waals surface area contributed by atoms with Gasteiger partial charge < -0.3 is 10.1 Å². The van der Waals surface area contributed by atoms with E-state index in [0.29, 0.717) is 5.92 Å². The number of nitrogens with one attached hydrogen (secondary N) is 1. The highest BCUT2D eigenvalue weighted by Gasteiger charge is 2.19. The second-order valence-electron chi connectivity index (χ2n) is 4.40. The summed E-state index contributed by atoms with van der Waals surface area (Å²) in [6.45, 7) is 7.40. The van der Waals surface area contributed by atoms with Crippen molar-refractivity contribution in [2.75, 3.05) is 19.8 Å². The number of hydrogen-bond donors (Lipinski definition) is 1. The van der Waals surface area contributed by atoms with E-state index >= 15 is 0 Å². The maximum Gasteiger partial charge on any atom is 0.0488 e. The van der Waals surface area contributed by atoms with Crippen LogP contribution in [-0.2, 0) is 4.74 Å². The highest BCUT2D eigenvalue weighted by atomic mass is 16.5. The van der Waals surface area contributed by atoms with E-state index in [1.54, 1.807) is 0 Å². The van der Waals surface area contributed by atoms with Gasteiger partial charge in [-0.3, -0.25) is 0 Å². The molecule has 1 saturated carbocycles. The summed E-state index contributed by atoms with van der Waals surface area (Å²) < 4.78 is 5.49. The van der Waals surface area contributed by atoms with Crippen molar-refractivity contribution in [2.45, 2.75) is 45.6 Å². The molecule has 0 aromatic rings. The molecule has 2 heteroatoms. The van der Waals surface area contributed by atoms with Gasteiger partial charge in [-0.1, -0.05) is 13.8 Å². The van der Waals surface area contributed by atoms with Crippen molar-refractivity contribution in [2.24, 2.45) is 5.92 Å². The highest BCUT2D eigenvalue weighted by Crippen LogP contribution is 2.18. The first kappa shape index (κ1) is 11.0. The van der Waals surface area contributed by atoms with Crippen LogP contribution in [0.25, 0.3) is 0 Å². The van der Waals surface area contributed by atoms with Crippen LogP contribution in [0.15, 0.2) is 0 Å². The summed E-state index contributed by atoms with van der Waals surface area (Å²) in [4.78, 5) is 0. The third-order valence-corrected chi connectivity index (χ3v) is 2.18. The second kappa shape index (κ2) is 6.39. The lowest BCUT2D eigenvalue weighted by Crippen LogP contribution is -2.17. The van der Waals surface area contributed by atoms with Crippen LogP contribution < -0.4 is 5.32 Å². The maximum absolute atomic E-state index is 5.49. The molecule has 0 aliphatic heterocycles. The SMILES string of the molecule is CC(C)COCCCCNC1CC1. The monoisotopic (exact) mass is 185 g/mol. The number of unbranched alkanes of at least 4 members (excludes halogenated alkanes) is 1. The van der Waals surface area contributed by atoms with Gasteiger partial charge in [0, 0.05) is 19.3 Å². The van der Waals surface area contributed by atoms with Crippen LogP contribution in [-0.4, -0.2) is 25.8 Å². The van der Waals surface area contributed by atoms with E-state index in [1.165, 1.54) is 32.2 Å². The van der Waals surface area contributed by atoms with Crippen LogP contribution in [0.4, 0.5) is 0 Å². The van der Waals surface area contributed by atoms with Gasteiger partial charge in [0.05, 0.1) is 0 Å². The summed E-state index contributed by atoms with van der Waals surface area (Å²) in [5.41, 5.74) is 0. The molecule has 0 amide bonds. The standard InChI is InChI=1S/C11H23NO/c1-10(2)9-13-8-4-3-7-12-11-5-6-11/h10-12H,3-9H2,1-2H3. The minimum Gasteiger partial charge on any atom is -0.381 e. The molecule has 0 bridgehead atoms. The Balaban J connectivity index is 1.68. The van der Waals surface area contributed by atoms with Crippen molar-refractivity contribution >= 4 is 0 Å². The van der Waals surface area contributed by atoms with Gasteiger partial charge in [-0.15, -0.1) is 0 Å². The molecule has 0 radical (unpaired) electrons.